The Labute approximate surface area is 112 Å². The quantitative estimate of drug-likeness (QED) is 0.907. The smallest absolute Gasteiger partial charge is 0.122 e. The average molecular weight is 296 g/mol. The molecule has 1 aromatic rings. The third-order valence-electron chi connectivity index (χ3n) is 2.50. The molecule has 1 aromatic carbocycles. The van der Waals surface area contributed by atoms with E-state index in [0.717, 1.165) is 23.1 Å². The highest BCUT2D eigenvalue weighted by Gasteiger charge is 2.12. The second-order valence-corrected chi connectivity index (χ2v) is 5.20. The molecule has 0 aliphatic heterocycles. The van der Waals surface area contributed by atoms with E-state index >= 15 is 0 Å². The van der Waals surface area contributed by atoms with Gasteiger partial charge in [-0.05, 0) is 38.2 Å². The first kappa shape index (κ1) is 14.2. The van der Waals surface area contributed by atoms with Crippen LogP contribution in [0, 0.1) is 18.3 Å². The Hall–Kier alpha value is -0.890. The Bertz CT molecular complexity index is 410. The maximum absolute atomic E-state index is 9.19. The fraction of sp³-hybridized carbons (Fsp3) is 0.462. The zero-order valence-corrected chi connectivity index (χ0v) is 12.1. The van der Waals surface area contributed by atoms with Crippen molar-refractivity contribution in [3.8, 4) is 6.07 Å². The normalized spacial score (nSPS) is 12.5. The molecule has 0 aromatic heterocycles. The summed E-state index contributed by atoms with van der Waals surface area (Å²) in [5.74, 6) is 0. The summed E-state index contributed by atoms with van der Waals surface area (Å²) in [5.41, 5.74) is 2.18. The van der Waals surface area contributed by atoms with Crippen LogP contribution in [0.25, 0.3) is 0 Å². The van der Waals surface area contributed by atoms with E-state index in [1.807, 2.05) is 39.2 Å². The lowest BCUT2D eigenvalue weighted by Crippen LogP contribution is -2.29. The minimum Gasteiger partial charge on any atom is -0.308 e. The van der Waals surface area contributed by atoms with Gasteiger partial charge in [0.15, 0.2) is 0 Å². The van der Waals surface area contributed by atoms with Gasteiger partial charge in [0.05, 0.1) is 6.07 Å². The minimum atomic E-state index is -0.259. The van der Waals surface area contributed by atoms with E-state index < -0.39 is 0 Å². The van der Waals surface area contributed by atoms with E-state index in [0.29, 0.717) is 0 Å². The maximum atomic E-state index is 9.19. The van der Waals surface area contributed by atoms with Gasteiger partial charge >= 0.3 is 0 Å². The standard InChI is InChI=1S/C13H18BrN3/c1-10-4-5-11(12(14)8-10)13(9-15)16-6-7-17(2)3/h4-5,8,13,16H,6-7H2,1-3H3. The molecule has 0 bridgehead atoms. The van der Waals surface area contributed by atoms with E-state index in [2.05, 4.69) is 32.2 Å². The zero-order valence-electron chi connectivity index (χ0n) is 10.5. The van der Waals surface area contributed by atoms with Crippen molar-refractivity contribution in [2.45, 2.75) is 13.0 Å². The predicted octanol–water partition coefficient (Wildman–Crippen LogP) is 2.47. The van der Waals surface area contributed by atoms with Crippen LogP contribution in [0.15, 0.2) is 22.7 Å². The van der Waals surface area contributed by atoms with Gasteiger partial charge in [-0.1, -0.05) is 28.1 Å². The zero-order chi connectivity index (χ0) is 12.8. The summed E-state index contributed by atoms with van der Waals surface area (Å²) in [5, 5.41) is 12.4. The summed E-state index contributed by atoms with van der Waals surface area (Å²) in [6.07, 6.45) is 0. The minimum absolute atomic E-state index is 0.259. The Morgan fingerprint density at radius 3 is 2.71 bits per heavy atom. The van der Waals surface area contributed by atoms with Crippen LogP contribution in [0.5, 0.6) is 0 Å². The Morgan fingerprint density at radius 1 is 1.47 bits per heavy atom. The number of nitriles is 1. The molecule has 0 saturated heterocycles. The molecular weight excluding hydrogens is 278 g/mol. The third-order valence-corrected chi connectivity index (χ3v) is 3.19. The maximum Gasteiger partial charge on any atom is 0.122 e. The molecule has 0 saturated carbocycles. The van der Waals surface area contributed by atoms with Crippen LogP contribution in [0.4, 0.5) is 0 Å². The molecule has 0 fully saturated rings. The van der Waals surface area contributed by atoms with E-state index in [1.54, 1.807) is 0 Å². The number of likely N-dealkylation sites (N-methyl/N-ethyl adjacent to an activating group) is 1. The molecule has 17 heavy (non-hydrogen) atoms. The number of halogens is 1. The van der Waals surface area contributed by atoms with Crippen LogP contribution in [-0.4, -0.2) is 32.1 Å². The fourth-order valence-electron chi connectivity index (χ4n) is 1.52. The van der Waals surface area contributed by atoms with Crippen molar-refractivity contribution in [1.29, 1.82) is 5.26 Å². The molecule has 0 spiro atoms. The second-order valence-electron chi connectivity index (χ2n) is 4.34. The number of nitrogens with one attached hydrogen (secondary N) is 1. The van der Waals surface area contributed by atoms with Gasteiger partial charge in [-0.2, -0.15) is 5.26 Å². The number of aryl methyl sites for hydroxylation is 1. The first-order valence-corrected chi connectivity index (χ1v) is 6.37. The Kier molecular flexibility index (Phi) is 5.63. The van der Waals surface area contributed by atoms with Crippen molar-refractivity contribution in [3.05, 3.63) is 33.8 Å². The van der Waals surface area contributed by atoms with Crippen molar-refractivity contribution < 1.29 is 0 Å². The molecule has 92 valence electrons. The Morgan fingerprint density at radius 2 is 2.18 bits per heavy atom. The SMILES string of the molecule is Cc1ccc(C(C#N)NCCN(C)C)c(Br)c1. The second kappa shape index (κ2) is 6.75. The predicted molar refractivity (Wildman–Crippen MR) is 73.8 cm³/mol. The highest BCUT2D eigenvalue weighted by Crippen LogP contribution is 2.24. The summed E-state index contributed by atoms with van der Waals surface area (Å²) >= 11 is 3.51. The number of benzene rings is 1. The molecule has 1 rings (SSSR count). The molecule has 3 nitrogen and oxygen atoms in total. The molecule has 0 amide bonds. The average Bonchev–Trinajstić information content (AvgIpc) is 2.25. The summed E-state index contributed by atoms with van der Waals surface area (Å²) in [6.45, 7) is 3.75. The van der Waals surface area contributed by atoms with Crippen molar-refractivity contribution >= 4 is 15.9 Å². The molecule has 0 radical (unpaired) electrons. The topological polar surface area (TPSA) is 39.1 Å². The summed E-state index contributed by atoms with van der Waals surface area (Å²) in [4.78, 5) is 2.09. The lowest BCUT2D eigenvalue weighted by Gasteiger charge is -2.16. The molecule has 1 atom stereocenters. The molecule has 1 N–H and O–H groups in total. The Balaban J connectivity index is 2.70. The van der Waals surface area contributed by atoms with Gasteiger partial charge in [0.1, 0.15) is 6.04 Å². The van der Waals surface area contributed by atoms with Gasteiger partial charge in [0.2, 0.25) is 0 Å². The van der Waals surface area contributed by atoms with Crippen molar-refractivity contribution in [3.63, 3.8) is 0 Å². The monoisotopic (exact) mass is 295 g/mol. The molecule has 0 heterocycles. The molecule has 0 aliphatic carbocycles. The molecule has 1 unspecified atom stereocenters. The van der Waals surface area contributed by atoms with Crippen molar-refractivity contribution in [2.75, 3.05) is 27.2 Å². The lowest BCUT2D eigenvalue weighted by molar-refractivity contribution is 0.395. The molecular formula is C13H18BrN3. The number of hydrogen-bond acceptors (Lipinski definition) is 3. The first-order valence-electron chi connectivity index (χ1n) is 5.58. The summed E-state index contributed by atoms with van der Waals surface area (Å²) in [7, 11) is 4.04. The van der Waals surface area contributed by atoms with Crippen LogP contribution in [0.1, 0.15) is 17.2 Å². The van der Waals surface area contributed by atoms with Gasteiger partial charge < -0.3 is 4.90 Å². The van der Waals surface area contributed by atoms with Crippen LogP contribution in [-0.2, 0) is 0 Å². The summed E-state index contributed by atoms with van der Waals surface area (Å²) in [6, 6.07) is 8.09. The summed E-state index contributed by atoms with van der Waals surface area (Å²) < 4.78 is 0.987. The van der Waals surface area contributed by atoms with Crippen molar-refractivity contribution in [2.24, 2.45) is 0 Å². The third kappa shape index (κ3) is 4.47. The van der Waals surface area contributed by atoms with Crippen molar-refractivity contribution in [1.82, 2.24) is 10.2 Å². The van der Waals surface area contributed by atoms with E-state index in [-0.39, 0.29) is 6.04 Å². The van der Waals surface area contributed by atoms with E-state index in [9.17, 15) is 5.26 Å². The highest BCUT2D eigenvalue weighted by atomic mass is 79.9. The van der Waals surface area contributed by atoms with Gasteiger partial charge in [-0.25, -0.2) is 0 Å². The van der Waals surface area contributed by atoms with Crippen LogP contribution in [0.2, 0.25) is 0 Å². The van der Waals surface area contributed by atoms with Gasteiger partial charge in [-0.3, -0.25) is 5.32 Å². The lowest BCUT2D eigenvalue weighted by atomic mass is 10.1. The van der Waals surface area contributed by atoms with E-state index in [1.165, 1.54) is 5.56 Å². The molecule has 0 aliphatic rings. The van der Waals surface area contributed by atoms with Crippen LogP contribution < -0.4 is 5.32 Å². The largest absolute Gasteiger partial charge is 0.308 e. The van der Waals surface area contributed by atoms with Crippen LogP contribution in [0.3, 0.4) is 0 Å². The number of nitrogens with zero attached hydrogens (tertiary/aromatic N) is 2. The van der Waals surface area contributed by atoms with Gasteiger partial charge in [0.25, 0.3) is 0 Å². The number of hydrogen-bond donors (Lipinski definition) is 1. The first-order chi connectivity index (χ1) is 8.04. The van der Waals surface area contributed by atoms with Crippen LogP contribution >= 0.6 is 15.9 Å². The highest BCUT2D eigenvalue weighted by molar-refractivity contribution is 9.10. The number of rotatable bonds is 5. The fourth-order valence-corrected chi connectivity index (χ4v) is 2.25. The van der Waals surface area contributed by atoms with Gasteiger partial charge in [-0.15, -0.1) is 0 Å². The molecule has 4 heteroatoms. The van der Waals surface area contributed by atoms with Gasteiger partial charge in [0, 0.05) is 17.6 Å². The van der Waals surface area contributed by atoms with E-state index in [4.69, 9.17) is 0 Å².